The number of nitrogens with zero attached hydrogens (tertiary/aromatic N) is 4. The van der Waals surface area contributed by atoms with E-state index in [4.69, 9.17) is 16.6 Å². The van der Waals surface area contributed by atoms with Gasteiger partial charge in [-0.05, 0) is 61.2 Å². The first-order valence-corrected chi connectivity index (χ1v) is 12.4. The van der Waals surface area contributed by atoms with Crippen LogP contribution < -0.4 is 0 Å². The van der Waals surface area contributed by atoms with E-state index in [1.165, 1.54) is 0 Å². The van der Waals surface area contributed by atoms with Gasteiger partial charge in [-0.3, -0.25) is 4.79 Å². The number of hydrogen-bond donors (Lipinski definition) is 0. The number of piperidine rings is 1. The normalized spacial score (nSPS) is 27.5. The van der Waals surface area contributed by atoms with Crippen LogP contribution in [0.2, 0.25) is 5.02 Å². The van der Waals surface area contributed by atoms with Crippen molar-refractivity contribution in [2.75, 3.05) is 26.2 Å². The van der Waals surface area contributed by atoms with Crippen LogP contribution in [0.1, 0.15) is 58.5 Å². The summed E-state index contributed by atoms with van der Waals surface area (Å²) in [5, 5.41) is 3.95. The smallest absolute Gasteiger partial charge is 0.254 e. The average molecular weight is 453 g/mol. The lowest BCUT2D eigenvalue weighted by molar-refractivity contribution is 0.0685. The Morgan fingerprint density at radius 1 is 1.10 bits per heavy atom. The Labute approximate surface area is 191 Å². The molecule has 1 amide bonds. The highest BCUT2D eigenvalue weighted by Crippen LogP contribution is 2.57. The predicted molar refractivity (Wildman–Crippen MR) is 124 cm³/mol. The molecule has 7 rings (SSSR count). The largest absolute Gasteiger partial charge is 0.334 e. The molecule has 5 nitrogen and oxygen atoms in total. The zero-order valence-corrected chi connectivity index (χ0v) is 19.1. The molecule has 0 N–H and O–H groups in total. The third-order valence-electron chi connectivity index (χ3n) is 7.17. The minimum atomic E-state index is 0.126. The molecule has 2 unspecified atom stereocenters. The number of rotatable bonds is 3. The minimum absolute atomic E-state index is 0.126. The molecule has 7 heteroatoms. The molecule has 0 spiro atoms. The number of thiophene rings is 1. The highest BCUT2D eigenvalue weighted by molar-refractivity contribution is 7.16. The molecule has 160 valence electrons. The summed E-state index contributed by atoms with van der Waals surface area (Å²) < 4.78 is 0. The van der Waals surface area contributed by atoms with Gasteiger partial charge in [0, 0.05) is 54.1 Å². The van der Waals surface area contributed by atoms with Gasteiger partial charge in [-0.15, -0.1) is 11.3 Å². The summed E-state index contributed by atoms with van der Waals surface area (Å²) in [4.78, 5) is 28.2. The molecule has 3 saturated heterocycles. The van der Waals surface area contributed by atoms with Crippen LogP contribution in [-0.4, -0.2) is 57.9 Å². The van der Waals surface area contributed by atoms with Crippen LogP contribution in [-0.2, 0) is 0 Å². The number of carbonyl (C=O) groups excluding carboxylic acids is 1. The van der Waals surface area contributed by atoms with Crippen LogP contribution in [0.5, 0.6) is 0 Å². The fourth-order valence-corrected chi connectivity index (χ4v) is 6.53. The number of fused-ring (bicyclic) bond motifs is 5. The van der Waals surface area contributed by atoms with E-state index in [2.05, 4.69) is 32.3 Å². The number of benzene rings is 1. The Bertz CT molecular complexity index is 1170. The van der Waals surface area contributed by atoms with Crippen molar-refractivity contribution in [3.63, 3.8) is 0 Å². The van der Waals surface area contributed by atoms with Crippen molar-refractivity contribution in [1.82, 2.24) is 19.8 Å². The fourth-order valence-electron chi connectivity index (χ4n) is 5.39. The summed E-state index contributed by atoms with van der Waals surface area (Å²) in [6.07, 6.45) is 3.20. The zero-order chi connectivity index (χ0) is 21.1. The topological polar surface area (TPSA) is 49.3 Å². The van der Waals surface area contributed by atoms with Gasteiger partial charge in [-0.2, -0.15) is 0 Å². The lowest BCUT2D eigenvalue weighted by atomic mass is 10.0. The van der Waals surface area contributed by atoms with Crippen molar-refractivity contribution < 1.29 is 4.79 Å². The highest BCUT2D eigenvalue weighted by Gasteiger charge is 2.43. The minimum Gasteiger partial charge on any atom is -0.334 e. The standard InChI is InChI=1S/C24H25ClN4OS/c1-14-26-22(18-6-11-31-23(18)27-14)20-13-19(20)17-3-2-15(12-21(17)25)24(30)29-10-9-28-7-4-16(29)5-8-28/h2-3,6,11-12,16,19-20H,4-5,7-10,13H2,1H3. The molecular formula is C24H25ClN4OS. The predicted octanol–water partition coefficient (Wildman–Crippen LogP) is 4.84. The first-order valence-electron chi connectivity index (χ1n) is 11.1. The molecule has 1 aliphatic carbocycles. The maximum atomic E-state index is 13.3. The second-order valence-corrected chi connectivity index (χ2v) is 10.4. The number of amides is 1. The second kappa shape index (κ2) is 7.54. The van der Waals surface area contributed by atoms with E-state index in [0.717, 1.165) is 72.7 Å². The molecule has 1 aromatic carbocycles. The van der Waals surface area contributed by atoms with Crippen LogP contribution in [0, 0.1) is 6.92 Å². The summed E-state index contributed by atoms with van der Waals surface area (Å²) in [6.45, 7) is 5.97. The van der Waals surface area contributed by atoms with E-state index < -0.39 is 0 Å². The Kier molecular flexibility index (Phi) is 4.78. The maximum Gasteiger partial charge on any atom is 0.254 e. The highest BCUT2D eigenvalue weighted by atomic mass is 35.5. The number of carbonyl (C=O) groups is 1. The van der Waals surface area contributed by atoms with Crippen LogP contribution >= 0.6 is 22.9 Å². The molecule has 2 bridgehead atoms. The lowest BCUT2D eigenvalue weighted by Gasteiger charge is -2.31. The monoisotopic (exact) mass is 452 g/mol. The molecule has 5 heterocycles. The van der Waals surface area contributed by atoms with Crippen LogP contribution in [0.3, 0.4) is 0 Å². The molecular weight excluding hydrogens is 428 g/mol. The number of aryl methyl sites for hydroxylation is 1. The van der Waals surface area contributed by atoms with E-state index in [1.54, 1.807) is 11.3 Å². The molecule has 0 radical (unpaired) electrons. The number of aromatic nitrogens is 2. The van der Waals surface area contributed by atoms with Gasteiger partial charge >= 0.3 is 0 Å². The Morgan fingerprint density at radius 3 is 2.74 bits per heavy atom. The summed E-state index contributed by atoms with van der Waals surface area (Å²) in [5.74, 6) is 1.68. The maximum absolute atomic E-state index is 13.3. The van der Waals surface area contributed by atoms with Crippen molar-refractivity contribution in [2.45, 2.75) is 44.1 Å². The third kappa shape index (κ3) is 3.45. The Balaban J connectivity index is 1.24. The summed E-state index contributed by atoms with van der Waals surface area (Å²) in [6, 6.07) is 8.42. The molecule has 2 aromatic heterocycles. The van der Waals surface area contributed by atoms with Gasteiger partial charge < -0.3 is 9.80 Å². The molecule has 4 aliphatic rings. The fraction of sp³-hybridized carbons (Fsp3) is 0.458. The second-order valence-electron chi connectivity index (χ2n) is 9.05. The van der Waals surface area contributed by atoms with Gasteiger partial charge in [-0.1, -0.05) is 17.7 Å². The Hall–Kier alpha value is -2.02. The van der Waals surface area contributed by atoms with Gasteiger partial charge in [0.15, 0.2) is 0 Å². The summed E-state index contributed by atoms with van der Waals surface area (Å²) in [5.41, 5.74) is 2.98. The van der Waals surface area contributed by atoms with E-state index >= 15 is 0 Å². The molecule has 3 aromatic rings. The van der Waals surface area contributed by atoms with Crippen molar-refractivity contribution in [1.29, 1.82) is 0 Å². The van der Waals surface area contributed by atoms with Gasteiger partial charge in [0.25, 0.3) is 5.91 Å². The first-order chi connectivity index (χ1) is 15.1. The van der Waals surface area contributed by atoms with E-state index in [0.29, 0.717) is 28.5 Å². The molecule has 4 fully saturated rings. The van der Waals surface area contributed by atoms with Crippen molar-refractivity contribution in [3.05, 3.63) is 57.3 Å². The SMILES string of the molecule is Cc1nc(C2CC2c2ccc(C(=O)N3CCN4CCC3CC4)cc2Cl)c2ccsc2n1. The zero-order valence-electron chi connectivity index (χ0n) is 17.6. The van der Waals surface area contributed by atoms with Crippen molar-refractivity contribution >= 4 is 39.1 Å². The molecule has 1 saturated carbocycles. The van der Waals surface area contributed by atoms with Gasteiger partial charge in [-0.25, -0.2) is 9.97 Å². The van der Waals surface area contributed by atoms with E-state index in [1.807, 2.05) is 19.1 Å². The van der Waals surface area contributed by atoms with Crippen LogP contribution in [0.25, 0.3) is 10.2 Å². The van der Waals surface area contributed by atoms with E-state index in [-0.39, 0.29) is 5.91 Å². The summed E-state index contributed by atoms with van der Waals surface area (Å²) in [7, 11) is 0. The molecule has 2 atom stereocenters. The van der Waals surface area contributed by atoms with Gasteiger partial charge in [0.1, 0.15) is 10.7 Å². The summed E-state index contributed by atoms with van der Waals surface area (Å²) >= 11 is 8.39. The van der Waals surface area contributed by atoms with E-state index in [9.17, 15) is 4.79 Å². The lowest BCUT2D eigenvalue weighted by Crippen LogP contribution is -2.41. The van der Waals surface area contributed by atoms with Crippen LogP contribution in [0.4, 0.5) is 0 Å². The first kappa shape index (κ1) is 19.6. The molecule has 31 heavy (non-hydrogen) atoms. The number of hydrogen-bond acceptors (Lipinski definition) is 5. The van der Waals surface area contributed by atoms with Crippen LogP contribution in [0.15, 0.2) is 29.6 Å². The quantitative estimate of drug-likeness (QED) is 0.570. The van der Waals surface area contributed by atoms with Crippen molar-refractivity contribution in [2.24, 2.45) is 0 Å². The molecule has 3 aliphatic heterocycles. The van der Waals surface area contributed by atoms with Gasteiger partial charge in [0.05, 0.1) is 5.69 Å². The third-order valence-corrected chi connectivity index (χ3v) is 8.30. The number of halogens is 1. The van der Waals surface area contributed by atoms with Crippen molar-refractivity contribution in [3.8, 4) is 0 Å². The average Bonchev–Trinajstić information content (AvgIpc) is 3.50. The van der Waals surface area contributed by atoms with Gasteiger partial charge in [0.2, 0.25) is 0 Å². The Morgan fingerprint density at radius 2 is 1.94 bits per heavy atom.